The number of carboxylic acid groups (broad SMARTS) is 2. The second kappa shape index (κ2) is 39.0. The molecule has 0 saturated carbocycles. The van der Waals surface area contributed by atoms with Crippen LogP contribution in [0.1, 0.15) is 111 Å². The minimum Gasteiger partial charge on any atom is -0.481 e. The molecule has 3 amide bonds. The number of aliphatic imine (C=N–C) groups is 1. The molecular formula is C69H83Cl2CuF6IN20O9. The summed E-state index contributed by atoms with van der Waals surface area (Å²) in [6, 6.07) is 8.74. The van der Waals surface area contributed by atoms with E-state index in [1.807, 2.05) is 82.6 Å². The molecule has 587 valence electrons. The van der Waals surface area contributed by atoms with Crippen molar-refractivity contribution in [1.29, 1.82) is 0 Å². The Hall–Kier alpha value is -9.56. The average molecular weight is 1710 g/mol. The number of benzene rings is 2. The Morgan fingerprint density at radius 3 is 1.33 bits per heavy atom. The van der Waals surface area contributed by atoms with E-state index in [0.717, 1.165) is 77.9 Å². The topological polar surface area (TPSA) is 329 Å². The normalized spacial score (nSPS) is 16.4. The zero-order valence-electron chi connectivity index (χ0n) is 60.9. The van der Waals surface area contributed by atoms with E-state index in [9.17, 15) is 40.7 Å². The number of anilines is 1. The van der Waals surface area contributed by atoms with Crippen LogP contribution in [-0.4, -0.2) is 172 Å². The fourth-order valence-corrected chi connectivity index (χ4v) is 11.5. The molecular weight excluding hydrogens is 1630 g/mol. The first-order valence-corrected chi connectivity index (χ1v) is 34.9. The van der Waals surface area contributed by atoms with E-state index in [1.54, 1.807) is 44.0 Å². The Labute approximate surface area is 652 Å². The van der Waals surface area contributed by atoms with Gasteiger partial charge in [0, 0.05) is 55.2 Å². The molecule has 2 aromatic carbocycles. The number of nitrogens with zero attached hydrogens (tertiary/aromatic N) is 18. The van der Waals surface area contributed by atoms with Gasteiger partial charge in [0.25, 0.3) is 11.9 Å². The first kappa shape index (κ1) is 87.4. The van der Waals surface area contributed by atoms with E-state index in [-0.39, 0.29) is 81.4 Å². The Kier molecular flexibility index (Phi) is 31.5. The van der Waals surface area contributed by atoms with Crippen molar-refractivity contribution in [2.45, 2.75) is 177 Å². The summed E-state index contributed by atoms with van der Waals surface area (Å²) in [4.78, 5) is 64.1. The van der Waals surface area contributed by atoms with Crippen LogP contribution in [0.25, 0.3) is 17.1 Å². The molecule has 14 rings (SSSR count). The van der Waals surface area contributed by atoms with Gasteiger partial charge in [0.1, 0.15) is 45.7 Å². The number of nitrogen functional groups attached to an aromatic ring is 1. The number of allylic oxidation sites excluding steroid dienone is 1. The molecule has 5 N–H and O–H groups in total. The SMILES string of the molecule is CC(=O)O.CC(=O)O.CC1Cn2ncc(-n3cc(F)cn3)c2CN1.CC1Cn2ncc(-n3cc(F)cn3)c2CN1C(=O)Cc1ccc(F)c(Cl)c1.CC1Cn2ncc(-n3cc(F)cn3)c2CN1C(=O)OC(C)(C)C.CC1Cn2ncc(I)c2CN1C(=O)OC(C)(C)C.FC1=CCN=C1.Nc1ccc(F)c(Cl)c1.[Cu]. The van der Waals surface area contributed by atoms with Crippen molar-refractivity contribution < 1.29 is 87.1 Å². The summed E-state index contributed by atoms with van der Waals surface area (Å²) < 4.78 is 101. The number of halogens is 9. The van der Waals surface area contributed by atoms with Crippen LogP contribution in [0.15, 0.2) is 115 Å². The molecule has 5 aliphatic rings. The number of carboxylic acids is 2. The zero-order valence-corrected chi connectivity index (χ0v) is 65.5. The maximum absolute atomic E-state index is 13.3. The van der Waals surface area contributed by atoms with Gasteiger partial charge in [0.05, 0.1) is 175 Å². The number of aliphatic carboxylic acids is 2. The second-order valence-electron chi connectivity index (χ2n) is 26.7. The van der Waals surface area contributed by atoms with E-state index in [2.05, 4.69) is 75.5 Å². The molecule has 9 aromatic rings. The Bertz CT molecular complexity index is 4600. The van der Waals surface area contributed by atoms with E-state index >= 15 is 0 Å². The van der Waals surface area contributed by atoms with E-state index in [4.69, 9.17) is 58.2 Å². The summed E-state index contributed by atoms with van der Waals surface area (Å²) in [6.45, 7) is 26.4. The van der Waals surface area contributed by atoms with E-state index in [0.29, 0.717) is 67.9 Å². The monoisotopic (exact) mass is 1710 g/mol. The van der Waals surface area contributed by atoms with Crippen LogP contribution in [0.2, 0.25) is 10.0 Å². The third-order valence-electron chi connectivity index (χ3n) is 15.5. The molecule has 39 heteroatoms. The molecule has 29 nitrogen and oxygen atoms in total. The van der Waals surface area contributed by atoms with Gasteiger partial charge in [-0.1, -0.05) is 29.3 Å². The molecule has 12 heterocycles. The molecule has 4 atom stereocenters. The van der Waals surface area contributed by atoms with Crippen molar-refractivity contribution in [2.75, 3.05) is 12.3 Å². The summed E-state index contributed by atoms with van der Waals surface area (Å²) in [5, 5.41) is 47.4. The van der Waals surface area contributed by atoms with Gasteiger partial charge in [-0.05, 0) is 134 Å². The number of fused-ring (bicyclic) bond motifs is 4. The van der Waals surface area contributed by atoms with Crippen LogP contribution in [0.3, 0.4) is 0 Å². The standard InChI is InChI=1S/C18H16ClF2N5O.C15H20FN5O2.C12H18IN3O2.C10H12FN5.C6H5ClFN.C4H4FN.2C2H4O2.Cu/c1-11-8-25-17(16(7-23-25)26-9-13(20)6-22-26)10-24(11)18(27)5-12-2-3-15(21)14(19)4-12;1-10-7-20-13(9-19(10)14(22)23-15(2,3)4)12(6-18-20)21-8-11(16)5-17-21;1-8-6-16-10(9(13)5-14-16)7-15(8)11(17)18-12(2,3)4;1-7-5-15-9(3-12-7)10(4-14-15)16-6-8(11)2-13-16;7-5-3-4(9)1-2-6(5)8;5-4-1-2-6-3-4;2*1-2(3)4;/h2-4,6-7,9,11H,5,8,10H2,1H3;5-6,8,10H,7,9H2,1-4H3;5,8H,6-7H2,1-4H3;2,4,6-7,12H,3,5H2,1H3;1-3H,9H2;1,3H,2H2;2*1H3,(H,3,4);. The van der Waals surface area contributed by atoms with Crippen LogP contribution in [0.4, 0.5) is 41.6 Å². The van der Waals surface area contributed by atoms with Gasteiger partial charge in [0.2, 0.25) is 5.91 Å². The van der Waals surface area contributed by atoms with Crippen molar-refractivity contribution in [3.05, 3.63) is 181 Å². The smallest absolute Gasteiger partial charge is 0.410 e. The Balaban J connectivity index is 0.000000206. The molecule has 7 aromatic heterocycles. The van der Waals surface area contributed by atoms with Gasteiger partial charge in [-0.3, -0.25) is 47.9 Å². The Morgan fingerprint density at radius 1 is 0.565 bits per heavy atom. The third kappa shape index (κ3) is 25.5. The van der Waals surface area contributed by atoms with Gasteiger partial charge in [0.15, 0.2) is 17.5 Å². The van der Waals surface area contributed by atoms with Gasteiger partial charge in [-0.15, -0.1) is 0 Å². The summed E-state index contributed by atoms with van der Waals surface area (Å²) in [5.74, 6) is -4.13. The molecule has 5 aliphatic heterocycles. The quantitative estimate of drug-likeness (QED) is 0.0538. The van der Waals surface area contributed by atoms with Gasteiger partial charge >= 0.3 is 12.2 Å². The molecule has 0 fully saturated rings. The summed E-state index contributed by atoms with van der Waals surface area (Å²) in [6.07, 6.45) is 16.3. The fourth-order valence-electron chi connectivity index (χ4n) is 10.6. The van der Waals surface area contributed by atoms with Crippen LogP contribution < -0.4 is 11.1 Å². The molecule has 108 heavy (non-hydrogen) atoms. The van der Waals surface area contributed by atoms with Crippen molar-refractivity contribution in [1.82, 2.24) is 88.5 Å². The van der Waals surface area contributed by atoms with Crippen LogP contribution >= 0.6 is 45.8 Å². The zero-order chi connectivity index (χ0) is 78.9. The number of nitrogens with two attached hydrogens (primary N) is 1. The second-order valence-corrected chi connectivity index (χ2v) is 28.7. The van der Waals surface area contributed by atoms with Gasteiger partial charge in [-0.2, -0.15) is 35.7 Å². The molecule has 0 bridgehead atoms. The first-order valence-electron chi connectivity index (χ1n) is 33.1. The number of hydrogen-bond acceptors (Lipinski definition) is 17. The average Bonchev–Trinajstić information content (AvgIpc) is 1.62. The third-order valence-corrected chi connectivity index (χ3v) is 17.0. The van der Waals surface area contributed by atoms with Crippen LogP contribution in [0, 0.1) is 32.7 Å². The molecule has 0 aliphatic carbocycles. The largest absolute Gasteiger partial charge is 0.481 e. The Morgan fingerprint density at radius 2 is 0.954 bits per heavy atom. The fraction of sp³-hybridized carbons (Fsp3) is 0.406. The number of carbonyl (C=O) groups is 5. The predicted molar refractivity (Wildman–Crippen MR) is 392 cm³/mol. The molecule has 1 radical (unpaired) electrons. The number of hydrogen-bond donors (Lipinski definition) is 4. The summed E-state index contributed by atoms with van der Waals surface area (Å²) in [5.41, 5.74) is 11.2. The van der Waals surface area contributed by atoms with Crippen LogP contribution in [-0.2, 0) is 99.7 Å². The molecule has 0 spiro atoms. The van der Waals surface area contributed by atoms with Crippen molar-refractivity contribution in [3.63, 3.8) is 0 Å². The van der Waals surface area contributed by atoms with E-state index in [1.165, 1.54) is 81.5 Å². The number of rotatable bonds is 5. The maximum atomic E-state index is 13.3. The summed E-state index contributed by atoms with van der Waals surface area (Å²) >= 11 is 13.4. The van der Waals surface area contributed by atoms with Gasteiger partial charge < -0.3 is 35.6 Å². The number of amides is 3. The van der Waals surface area contributed by atoms with Gasteiger partial charge in [-0.25, -0.2) is 50.0 Å². The number of aromatic nitrogens is 14. The maximum Gasteiger partial charge on any atom is 0.410 e. The van der Waals surface area contributed by atoms with Crippen LogP contribution in [0.5, 0.6) is 0 Å². The summed E-state index contributed by atoms with van der Waals surface area (Å²) in [7, 11) is 0. The van der Waals surface area contributed by atoms with Crippen molar-refractivity contribution in [2.24, 2.45) is 4.99 Å². The molecule has 4 unspecified atom stereocenters. The predicted octanol–water partition coefficient (Wildman–Crippen LogP) is 11.8. The van der Waals surface area contributed by atoms with Crippen molar-refractivity contribution in [3.8, 4) is 17.1 Å². The number of ether oxygens (including phenoxy) is 2. The molecule has 0 saturated heterocycles. The minimum atomic E-state index is -0.833. The first-order chi connectivity index (χ1) is 50.2. The number of carbonyl (C=O) groups excluding carboxylic acids is 3. The van der Waals surface area contributed by atoms with E-state index < -0.39 is 46.4 Å². The number of nitrogens with one attached hydrogen (secondary N) is 1. The van der Waals surface area contributed by atoms with Crippen molar-refractivity contribution >= 4 is 87.7 Å². The minimum absolute atomic E-state index is 0.